The zero-order valence-electron chi connectivity index (χ0n) is 4.97. The van der Waals surface area contributed by atoms with Crippen molar-refractivity contribution in [2.24, 2.45) is 0 Å². The number of hydrogen-bond donors (Lipinski definition) is 0. The second-order valence-electron chi connectivity index (χ2n) is 1.78. The van der Waals surface area contributed by atoms with Crippen LogP contribution < -0.4 is 0 Å². The maximum atomic E-state index is 12.4. The molecule has 0 aromatic heterocycles. The van der Waals surface area contributed by atoms with E-state index in [4.69, 9.17) is 23.2 Å². The largest absolute Gasteiger partial charge is 0.204 e. The van der Waals surface area contributed by atoms with Crippen molar-refractivity contribution in [1.29, 1.82) is 0 Å². The van der Waals surface area contributed by atoms with Gasteiger partial charge in [-0.15, -0.1) is 0 Å². The highest BCUT2D eigenvalue weighted by molar-refractivity contribution is 6.42. The number of rotatable bonds is 0. The van der Waals surface area contributed by atoms with Gasteiger partial charge in [-0.25, -0.2) is 13.2 Å². The quantitative estimate of drug-likeness (QED) is 0.445. The van der Waals surface area contributed by atoms with E-state index in [2.05, 4.69) is 0 Å². The molecular formula is C6HCl2F3. The van der Waals surface area contributed by atoms with Crippen molar-refractivity contribution in [3.8, 4) is 0 Å². The zero-order valence-corrected chi connectivity index (χ0v) is 6.48. The number of benzene rings is 1. The summed E-state index contributed by atoms with van der Waals surface area (Å²) in [6.45, 7) is 0. The van der Waals surface area contributed by atoms with Crippen molar-refractivity contribution in [3.05, 3.63) is 33.6 Å². The summed E-state index contributed by atoms with van der Waals surface area (Å²) in [7, 11) is 0. The molecule has 0 heterocycles. The van der Waals surface area contributed by atoms with Crippen molar-refractivity contribution in [3.63, 3.8) is 0 Å². The first-order chi connectivity index (χ1) is 5.04. The van der Waals surface area contributed by atoms with E-state index in [1.165, 1.54) is 0 Å². The average molecular weight is 201 g/mol. The molecule has 0 saturated heterocycles. The summed E-state index contributed by atoms with van der Waals surface area (Å²) in [5.41, 5.74) is 0. The summed E-state index contributed by atoms with van der Waals surface area (Å²) < 4.78 is 37.0. The van der Waals surface area contributed by atoms with E-state index in [0.717, 1.165) is 0 Å². The van der Waals surface area contributed by atoms with Crippen molar-refractivity contribution < 1.29 is 13.2 Å². The molecule has 0 aliphatic carbocycles. The molecule has 0 spiro atoms. The molecule has 0 amide bonds. The second-order valence-corrected chi connectivity index (χ2v) is 2.57. The molecule has 1 rings (SSSR count). The predicted molar refractivity (Wildman–Crippen MR) is 36.3 cm³/mol. The van der Waals surface area contributed by atoms with Crippen LogP contribution in [-0.4, -0.2) is 0 Å². The Morgan fingerprint density at radius 2 is 1.55 bits per heavy atom. The van der Waals surface area contributed by atoms with E-state index in [0.29, 0.717) is 6.07 Å². The van der Waals surface area contributed by atoms with Gasteiger partial charge < -0.3 is 0 Å². The molecule has 0 nitrogen and oxygen atoms in total. The Bertz CT molecular complexity index is 272. The van der Waals surface area contributed by atoms with Gasteiger partial charge in [-0.05, 0) is 6.07 Å². The molecule has 0 bridgehead atoms. The molecule has 5 heteroatoms. The van der Waals surface area contributed by atoms with Crippen LogP contribution in [0, 0.1) is 17.5 Å². The Morgan fingerprint density at radius 1 is 1.00 bits per heavy atom. The smallest absolute Gasteiger partial charge is 0.196 e. The minimum atomic E-state index is -1.61. The van der Waals surface area contributed by atoms with Crippen molar-refractivity contribution in [1.82, 2.24) is 0 Å². The van der Waals surface area contributed by atoms with Gasteiger partial charge in [-0.2, -0.15) is 0 Å². The molecule has 0 aliphatic heterocycles. The molecule has 1 aromatic carbocycles. The lowest BCUT2D eigenvalue weighted by atomic mass is 10.3. The fourth-order valence-electron chi connectivity index (χ4n) is 0.544. The van der Waals surface area contributed by atoms with E-state index >= 15 is 0 Å². The Balaban J connectivity index is 3.46. The molecule has 0 N–H and O–H groups in total. The highest BCUT2D eigenvalue weighted by Gasteiger charge is 2.15. The Hall–Kier alpha value is -0.410. The molecule has 0 fully saturated rings. The lowest BCUT2D eigenvalue weighted by Crippen LogP contribution is -1.91. The van der Waals surface area contributed by atoms with Gasteiger partial charge in [0.15, 0.2) is 17.5 Å². The summed E-state index contributed by atoms with van der Waals surface area (Å²) in [4.78, 5) is 0. The molecular weight excluding hydrogens is 200 g/mol. The molecule has 0 radical (unpaired) electrons. The topological polar surface area (TPSA) is 0 Å². The van der Waals surface area contributed by atoms with Crippen LogP contribution in [-0.2, 0) is 0 Å². The number of hydrogen-bond acceptors (Lipinski definition) is 0. The van der Waals surface area contributed by atoms with Gasteiger partial charge >= 0.3 is 0 Å². The van der Waals surface area contributed by atoms with Gasteiger partial charge in [0.2, 0.25) is 0 Å². The van der Waals surface area contributed by atoms with Crippen LogP contribution in [0.15, 0.2) is 6.07 Å². The summed E-state index contributed by atoms with van der Waals surface area (Å²) in [6.07, 6.45) is 0. The maximum absolute atomic E-state index is 12.4. The van der Waals surface area contributed by atoms with Crippen LogP contribution >= 0.6 is 23.2 Å². The van der Waals surface area contributed by atoms with Gasteiger partial charge in [0.1, 0.15) is 0 Å². The van der Waals surface area contributed by atoms with Crippen LogP contribution in [0.3, 0.4) is 0 Å². The highest BCUT2D eigenvalue weighted by atomic mass is 35.5. The third-order valence-electron chi connectivity index (χ3n) is 1.06. The standard InChI is InChI=1S/C6HCl2F3/c7-2-1-3(9)5(10)6(11)4(2)8/h1H. The lowest BCUT2D eigenvalue weighted by molar-refractivity contribution is 0.447. The minimum Gasteiger partial charge on any atom is -0.204 e. The summed E-state index contributed by atoms with van der Waals surface area (Å²) in [5, 5.41) is -0.950. The highest BCUT2D eigenvalue weighted by Crippen LogP contribution is 2.28. The lowest BCUT2D eigenvalue weighted by Gasteiger charge is -1.98. The molecule has 0 saturated carbocycles. The molecule has 11 heavy (non-hydrogen) atoms. The van der Waals surface area contributed by atoms with Crippen molar-refractivity contribution in [2.45, 2.75) is 0 Å². The van der Waals surface area contributed by atoms with E-state index in [9.17, 15) is 13.2 Å². The Morgan fingerprint density at radius 3 is 2.09 bits per heavy atom. The third kappa shape index (κ3) is 1.44. The Labute approximate surface area is 70.5 Å². The first-order valence-corrected chi connectivity index (χ1v) is 3.28. The Kier molecular flexibility index (Phi) is 2.30. The fourth-order valence-corrected chi connectivity index (χ4v) is 0.860. The van der Waals surface area contributed by atoms with Crippen LogP contribution in [0.5, 0.6) is 0 Å². The molecule has 1 aromatic rings. The van der Waals surface area contributed by atoms with E-state index in [-0.39, 0.29) is 5.02 Å². The maximum Gasteiger partial charge on any atom is 0.196 e. The van der Waals surface area contributed by atoms with Gasteiger partial charge in [0, 0.05) is 0 Å². The summed E-state index contributed by atoms with van der Waals surface area (Å²) >= 11 is 10.4. The third-order valence-corrected chi connectivity index (χ3v) is 1.82. The first-order valence-electron chi connectivity index (χ1n) is 2.52. The van der Waals surface area contributed by atoms with Crippen molar-refractivity contribution in [2.75, 3.05) is 0 Å². The average Bonchev–Trinajstić information content (AvgIpc) is 1.97. The molecule has 0 atom stereocenters. The first kappa shape index (κ1) is 8.68. The minimum absolute atomic E-state index is 0.344. The van der Waals surface area contributed by atoms with E-state index in [1.807, 2.05) is 0 Å². The molecule has 60 valence electrons. The second kappa shape index (κ2) is 2.91. The SMILES string of the molecule is Fc1cc(Cl)c(Cl)c(F)c1F. The molecule has 0 unspecified atom stereocenters. The van der Waals surface area contributed by atoms with E-state index < -0.39 is 22.5 Å². The number of halogens is 5. The van der Waals surface area contributed by atoms with Gasteiger partial charge in [0.05, 0.1) is 10.0 Å². The van der Waals surface area contributed by atoms with Crippen LogP contribution in [0.4, 0.5) is 13.2 Å². The summed E-state index contributed by atoms with van der Waals surface area (Å²) in [6, 6.07) is 0.613. The fraction of sp³-hybridized carbons (Fsp3) is 0. The molecule has 0 aliphatic rings. The van der Waals surface area contributed by atoms with Gasteiger partial charge in [-0.1, -0.05) is 23.2 Å². The normalized spacial score (nSPS) is 10.3. The van der Waals surface area contributed by atoms with Crippen LogP contribution in [0.25, 0.3) is 0 Å². The predicted octanol–water partition coefficient (Wildman–Crippen LogP) is 3.41. The van der Waals surface area contributed by atoms with E-state index in [1.54, 1.807) is 0 Å². The van der Waals surface area contributed by atoms with Gasteiger partial charge in [-0.3, -0.25) is 0 Å². The van der Waals surface area contributed by atoms with Crippen LogP contribution in [0.1, 0.15) is 0 Å². The summed E-state index contributed by atoms with van der Waals surface area (Å²) in [5.74, 6) is -4.42. The monoisotopic (exact) mass is 200 g/mol. The van der Waals surface area contributed by atoms with Crippen molar-refractivity contribution >= 4 is 23.2 Å². The zero-order chi connectivity index (χ0) is 8.59. The van der Waals surface area contributed by atoms with Crippen LogP contribution in [0.2, 0.25) is 10.0 Å². The van der Waals surface area contributed by atoms with Gasteiger partial charge in [0.25, 0.3) is 0 Å².